The maximum Gasteiger partial charge on any atom is 0.150 e. The molecule has 1 aliphatic rings. The van der Waals surface area contributed by atoms with E-state index in [-0.39, 0.29) is 12.2 Å². The summed E-state index contributed by atoms with van der Waals surface area (Å²) in [6, 6.07) is 15.9. The van der Waals surface area contributed by atoms with Gasteiger partial charge in [-0.1, -0.05) is 68.4 Å². The van der Waals surface area contributed by atoms with Crippen LogP contribution >= 0.6 is 11.8 Å². The van der Waals surface area contributed by atoms with Gasteiger partial charge in [0.2, 0.25) is 0 Å². The van der Waals surface area contributed by atoms with E-state index in [4.69, 9.17) is 4.74 Å². The number of aldehydes is 1. The second-order valence-corrected chi connectivity index (χ2v) is 7.75. The van der Waals surface area contributed by atoms with E-state index in [0.717, 1.165) is 33.0 Å². The van der Waals surface area contributed by atoms with Gasteiger partial charge in [0.1, 0.15) is 18.2 Å². The number of aryl methyl sites for hydroxylation is 1. The molecule has 0 spiro atoms. The highest BCUT2D eigenvalue weighted by Crippen LogP contribution is 2.35. The van der Waals surface area contributed by atoms with Gasteiger partial charge in [0.15, 0.2) is 6.29 Å². The summed E-state index contributed by atoms with van der Waals surface area (Å²) in [6.45, 7) is 6.75. The van der Waals surface area contributed by atoms with Crippen LogP contribution in [-0.2, 0) is 11.4 Å². The minimum absolute atomic E-state index is 0.153. The molecule has 29 heavy (non-hydrogen) atoms. The Kier molecular flexibility index (Phi) is 9.45. The number of ether oxygens (including phenoxy) is 1. The van der Waals surface area contributed by atoms with Gasteiger partial charge in [0.05, 0.1) is 0 Å². The van der Waals surface area contributed by atoms with Crippen molar-refractivity contribution in [3.8, 4) is 5.75 Å². The molecule has 2 aromatic carbocycles. The molecule has 0 bridgehead atoms. The highest BCUT2D eigenvalue weighted by Gasteiger charge is 2.11. The SMILES string of the molecule is CCC.Cc1cc(SC2=CC=C(F)CC=C2C=O)ccc1OCc1ccccc1. The summed E-state index contributed by atoms with van der Waals surface area (Å²) in [5.41, 5.74) is 2.64. The maximum atomic E-state index is 13.4. The Morgan fingerprint density at radius 2 is 1.83 bits per heavy atom. The zero-order chi connectivity index (χ0) is 21.1. The Morgan fingerprint density at radius 1 is 1.10 bits per heavy atom. The maximum absolute atomic E-state index is 13.4. The smallest absolute Gasteiger partial charge is 0.150 e. The number of carbonyl (C=O) groups is 1. The van der Waals surface area contributed by atoms with Crippen molar-refractivity contribution in [2.75, 3.05) is 0 Å². The Bertz CT molecular complexity index is 898. The highest BCUT2D eigenvalue weighted by molar-refractivity contribution is 8.03. The monoisotopic (exact) mass is 410 g/mol. The lowest BCUT2D eigenvalue weighted by Gasteiger charge is -2.12. The summed E-state index contributed by atoms with van der Waals surface area (Å²) < 4.78 is 19.3. The predicted octanol–water partition coefficient (Wildman–Crippen LogP) is 7.35. The van der Waals surface area contributed by atoms with Crippen molar-refractivity contribution in [1.29, 1.82) is 0 Å². The van der Waals surface area contributed by atoms with Gasteiger partial charge in [0.25, 0.3) is 0 Å². The van der Waals surface area contributed by atoms with Crippen molar-refractivity contribution in [2.45, 2.75) is 45.1 Å². The van der Waals surface area contributed by atoms with E-state index < -0.39 is 0 Å². The number of thioether (sulfide) groups is 1. The van der Waals surface area contributed by atoms with E-state index in [1.165, 1.54) is 24.3 Å². The molecule has 1 aliphatic carbocycles. The van der Waals surface area contributed by atoms with Gasteiger partial charge in [0, 0.05) is 21.8 Å². The lowest BCUT2D eigenvalue weighted by molar-refractivity contribution is -0.104. The number of halogens is 1. The molecule has 0 heterocycles. The summed E-state index contributed by atoms with van der Waals surface area (Å²) in [4.78, 5) is 13.0. The van der Waals surface area contributed by atoms with E-state index in [2.05, 4.69) is 13.8 Å². The van der Waals surface area contributed by atoms with Crippen molar-refractivity contribution in [3.05, 3.63) is 94.2 Å². The number of carbonyl (C=O) groups excluding carboxylic acids is 1. The minimum Gasteiger partial charge on any atom is -0.489 e. The zero-order valence-corrected chi connectivity index (χ0v) is 18.0. The molecule has 0 aliphatic heterocycles. The quantitative estimate of drug-likeness (QED) is 0.466. The Balaban J connectivity index is 0.000000941. The average molecular weight is 411 g/mol. The van der Waals surface area contributed by atoms with E-state index in [1.54, 1.807) is 12.2 Å². The molecule has 0 radical (unpaired) electrons. The number of rotatable bonds is 6. The van der Waals surface area contributed by atoms with Gasteiger partial charge in [-0.2, -0.15) is 0 Å². The van der Waals surface area contributed by atoms with Crippen LogP contribution < -0.4 is 4.74 Å². The van der Waals surface area contributed by atoms with Crippen molar-refractivity contribution in [1.82, 2.24) is 0 Å². The van der Waals surface area contributed by atoms with E-state index in [1.807, 2.05) is 55.5 Å². The number of allylic oxidation sites excluding steroid dienone is 5. The summed E-state index contributed by atoms with van der Waals surface area (Å²) >= 11 is 1.44. The minimum atomic E-state index is -0.249. The fourth-order valence-corrected chi connectivity index (χ4v) is 3.56. The molecular formula is C25H27FO2S. The van der Waals surface area contributed by atoms with Crippen LogP contribution in [0.1, 0.15) is 37.8 Å². The molecule has 4 heteroatoms. The van der Waals surface area contributed by atoms with Gasteiger partial charge >= 0.3 is 0 Å². The second kappa shape index (κ2) is 12.1. The summed E-state index contributed by atoms with van der Waals surface area (Å²) in [5.74, 6) is 0.575. The van der Waals surface area contributed by atoms with Gasteiger partial charge in [-0.25, -0.2) is 4.39 Å². The first-order valence-corrected chi connectivity index (χ1v) is 10.6. The van der Waals surface area contributed by atoms with E-state index >= 15 is 0 Å². The van der Waals surface area contributed by atoms with Crippen LogP contribution in [0.2, 0.25) is 0 Å². The first-order valence-electron chi connectivity index (χ1n) is 9.74. The lowest BCUT2D eigenvalue weighted by Crippen LogP contribution is -1.97. The summed E-state index contributed by atoms with van der Waals surface area (Å²) in [6.07, 6.45) is 6.87. The molecule has 0 saturated heterocycles. The van der Waals surface area contributed by atoms with Gasteiger partial charge in [-0.15, -0.1) is 0 Å². The average Bonchev–Trinajstić information content (AvgIpc) is 2.90. The van der Waals surface area contributed by atoms with Crippen LogP contribution in [0.4, 0.5) is 4.39 Å². The standard InChI is InChI=1S/C22H19FO2S.C3H8/c1-16-13-20(26-22-12-9-19(23)8-7-18(22)14-24)10-11-21(16)25-15-17-5-3-2-4-6-17;1-3-2/h2-7,9-14H,8,15H2,1H3;3H2,1-2H3. The van der Waals surface area contributed by atoms with Gasteiger partial charge in [-0.05, 0) is 48.4 Å². The lowest BCUT2D eigenvalue weighted by atomic mass is 10.2. The molecule has 152 valence electrons. The fourth-order valence-electron chi connectivity index (χ4n) is 2.55. The van der Waals surface area contributed by atoms with Crippen molar-refractivity contribution >= 4 is 18.0 Å². The van der Waals surface area contributed by atoms with Crippen LogP contribution in [0.3, 0.4) is 0 Å². The number of hydrogen-bond acceptors (Lipinski definition) is 3. The topological polar surface area (TPSA) is 26.3 Å². The van der Waals surface area contributed by atoms with Gasteiger partial charge < -0.3 is 4.74 Å². The largest absolute Gasteiger partial charge is 0.489 e. The Morgan fingerprint density at radius 3 is 2.48 bits per heavy atom. The molecule has 3 rings (SSSR count). The third-order valence-electron chi connectivity index (χ3n) is 3.96. The molecule has 0 aromatic heterocycles. The summed E-state index contributed by atoms with van der Waals surface area (Å²) in [7, 11) is 0. The molecule has 0 fully saturated rings. The zero-order valence-electron chi connectivity index (χ0n) is 17.2. The van der Waals surface area contributed by atoms with E-state index in [0.29, 0.717) is 12.2 Å². The Hall–Kier alpha value is -2.59. The van der Waals surface area contributed by atoms with Crippen molar-refractivity contribution in [3.63, 3.8) is 0 Å². The Labute approximate surface area is 177 Å². The molecule has 0 unspecified atom stereocenters. The van der Waals surface area contributed by atoms with E-state index in [9.17, 15) is 9.18 Å². The van der Waals surface area contributed by atoms with Crippen LogP contribution in [-0.4, -0.2) is 6.29 Å². The molecule has 0 saturated carbocycles. The van der Waals surface area contributed by atoms with Crippen molar-refractivity contribution < 1.29 is 13.9 Å². The van der Waals surface area contributed by atoms with Crippen LogP contribution in [0.15, 0.2) is 88.0 Å². The summed E-state index contributed by atoms with van der Waals surface area (Å²) in [5, 5.41) is 0. The number of benzene rings is 2. The normalized spacial score (nSPS) is 13.2. The van der Waals surface area contributed by atoms with Gasteiger partial charge in [-0.3, -0.25) is 4.79 Å². The van der Waals surface area contributed by atoms with Crippen molar-refractivity contribution in [2.24, 2.45) is 0 Å². The molecule has 0 N–H and O–H groups in total. The first kappa shape index (κ1) is 22.7. The first-order chi connectivity index (χ1) is 14.1. The molecule has 0 amide bonds. The van der Waals surface area contributed by atoms with Crippen LogP contribution in [0.25, 0.3) is 0 Å². The fraction of sp³-hybridized carbons (Fsp3) is 0.240. The third kappa shape index (κ3) is 7.39. The molecule has 2 aromatic rings. The highest BCUT2D eigenvalue weighted by atomic mass is 32.2. The molecule has 0 atom stereocenters. The predicted molar refractivity (Wildman–Crippen MR) is 120 cm³/mol. The third-order valence-corrected chi connectivity index (χ3v) is 5.04. The number of hydrogen-bond donors (Lipinski definition) is 0. The molecule has 2 nitrogen and oxygen atoms in total. The second-order valence-electron chi connectivity index (χ2n) is 6.64. The van der Waals surface area contributed by atoms with Crippen LogP contribution in [0.5, 0.6) is 5.75 Å². The van der Waals surface area contributed by atoms with Crippen LogP contribution in [0, 0.1) is 6.92 Å². The molecular weight excluding hydrogens is 383 g/mol.